The number of rotatable bonds is 2. The zero-order valence-electron chi connectivity index (χ0n) is 16.0. The van der Waals surface area contributed by atoms with Crippen LogP contribution in [-0.4, -0.2) is 19.5 Å². The molecule has 7 heteroatoms. The van der Waals surface area contributed by atoms with Crippen molar-refractivity contribution in [1.82, 2.24) is 19.5 Å². The molecular weight excluding hydrogens is 386 g/mol. The standard InChI is InChI=1S/C24H11N7/c25-12-15-6-8-20-18(10-15)19-11-16(13-26)7-9-21(19)31(20)24-29-22(14-27)28-23(30-24)17-4-2-1-3-5-17/h1-11H. The molecule has 31 heavy (non-hydrogen) atoms. The topological polar surface area (TPSA) is 115 Å². The van der Waals surface area contributed by atoms with Crippen LogP contribution in [0, 0.1) is 34.0 Å². The number of aromatic nitrogens is 4. The smallest absolute Gasteiger partial charge is 0.239 e. The van der Waals surface area contributed by atoms with Gasteiger partial charge in [-0.25, -0.2) is 0 Å². The van der Waals surface area contributed by atoms with E-state index >= 15 is 0 Å². The van der Waals surface area contributed by atoms with E-state index in [9.17, 15) is 15.8 Å². The SMILES string of the molecule is N#Cc1ccc2c(c1)c1cc(C#N)ccc1n2-c1nc(C#N)nc(-c2ccccc2)n1. The van der Waals surface area contributed by atoms with Crippen molar-refractivity contribution in [3.63, 3.8) is 0 Å². The van der Waals surface area contributed by atoms with E-state index in [4.69, 9.17) is 0 Å². The van der Waals surface area contributed by atoms with Gasteiger partial charge in [0, 0.05) is 16.3 Å². The van der Waals surface area contributed by atoms with Crippen LogP contribution >= 0.6 is 0 Å². The van der Waals surface area contributed by atoms with Crippen molar-refractivity contribution in [2.24, 2.45) is 0 Å². The van der Waals surface area contributed by atoms with Gasteiger partial charge in [-0.2, -0.15) is 30.7 Å². The first-order valence-electron chi connectivity index (χ1n) is 9.32. The molecule has 0 N–H and O–H groups in total. The quantitative estimate of drug-likeness (QED) is 0.440. The summed E-state index contributed by atoms with van der Waals surface area (Å²) >= 11 is 0. The van der Waals surface area contributed by atoms with Gasteiger partial charge in [0.05, 0.1) is 34.3 Å². The number of fused-ring (bicyclic) bond motifs is 3. The minimum absolute atomic E-state index is 0.00106. The van der Waals surface area contributed by atoms with E-state index in [1.54, 1.807) is 24.3 Å². The maximum atomic E-state index is 9.51. The highest BCUT2D eigenvalue weighted by molar-refractivity contribution is 6.09. The monoisotopic (exact) mass is 397 g/mol. The molecule has 0 fully saturated rings. The summed E-state index contributed by atoms with van der Waals surface area (Å²) in [6, 6.07) is 26.3. The fourth-order valence-electron chi connectivity index (χ4n) is 3.61. The molecule has 2 heterocycles. The Morgan fingerprint density at radius 1 is 0.645 bits per heavy atom. The second-order valence-electron chi connectivity index (χ2n) is 6.78. The Hall–Kier alpha value is -5.06. The van der Waals surface area contributed by atoms with Crippen molar-refractivity contribution in [3.05, 3.63) is 83.7 Å². The lowest BCUT2D eigenvalue weighted by Gasteiger charge is -2.08. The van der Waals surface area contributed by atoms with Gasteiger partial charge in [-0.05, 0) is 36.4 Å². The minimum Gasteiger partial charge on any atom is -0.278 e. The van der Waals surface area contributed by atoms with E-state index < -0.39 is 0 Å². The molecule has 0 bridgehead atoms. The normalized spacial score (nSPS) is 10.5. The molecule has 0 amide bonds. The van der Waals surface area contributed by atoms with Crippen molar-refractivity contribution in [3.8, 4) is 35.5 Å². The summed E-state index contributed by atoms with van der Waals surface area (Å²) in [6.07, 6.45) is 0. The zero-order chi connectivity index (χ0) is 21.4. The Morgan fingerprint density at radius 3 is 1.81 bits per heavy atom. The van der Waals surface area contributed by atoms with Crippen molar-refractivity contribution in [1.29, 1.82) is 15.8 Å². The van der Waals surface area contributed by atoms with Gasteiger partial charge in [0.2, 0.25) is 11.8 Å². The maximum absolute atomic E-state index is 9.51. The lowest BCUT2D eigenvalue weighted by atomic mass is 10.1. The molecule has 3 aromatic carbocycles. The molecule has 0 saturated heterocycles. The van der Waals surface area contributed by atoms with Crippen molar-refractivity contribution in [2.45, 2.75) is 0 Å². The molecule has 0 unspecified atom stereocenters. The first-order chi connectivity index (χ1) is 15.2. The summed E-state index contributed by atoms with van der Waals surface area (Å²) < 4.78 is 1.82. The Bertz CT molecular complexity index is 1540. The van der Waals surface area contributed by atoms with Crippen LogP contribution in [-0.2, 0) is 0 Å². The molecule has 2 aromatic heterocycles. The number of nitriles is 3. The van der Waals surface area contributed by atoms with E-state index in [0.717, 1.165) is 27.4 Å². The van der Waals surface area contributed by atoms with Crippen LogP contribution in [0.4, 0.5) is 0 Å². The Morgan fingerprint density at radius 2 is 1.26 bits per heavy atom. The molecule has 142 valence electrons. The first-order valence-corrected chi connectivity index (χ1v) is 9.32. The van der Waals surface area contributed by atoms with Crippen LogP contribution in [0.15, 0.2) is 66.7 Å². The molecular formula is C24H11N7. The third-order valence-electron chi connectivity index (χ3n) is 4.98. The fraction of sp³-hybridized carbons (Fsp3) is 0. The van der Waals surface area contributed by atoms with E-state index in [1.807, 2.05) is 53.1 Å². The van der Waals surface area contributed by atoms with Gasteiger partial charge in [0.25, 0.3) is 0 Å². The van der Waals surface area contributed by atoms with Crippen LogP contribution < -0.4 is 0 Å². The number of nitrogens with zero attached hydrogens (tertiary/aromatic N) is 7. The second kappa shape index (κ2) is 7.08. The number of hydrogen-bond acceptors (Lipinski definition) is 6. The molecule has 0 aliphatic carbocycles. The number of hydrogen-bond donors (Lipinski definition) is 0. The highest BCUT2D eigenvalue weighted by atomic mass is 15.2. The number of benzene rings is 3. The van der Waals surface area contributed by atoms with Crippen LogP contribution in [0.3, 0.4) is 0 Å². The van der Waals surface area contributed by atoms with Crippen LogP contribution in [0.25, 0.3) is 39.1 Å². The molecule has 0 radical (unpaired) electrons. The zero-order valence-corrected chi connectivity index (χ0v) is 16.0. The molecule has 5 rings (SSSR count). The second-order valence-corrected chi connectivity index (χ2v) is 6.78. The van der Waals surface area contributed by atoms with Crippen molar-refractivity contribution < 1.29 is 0 Å². The molecule has 0 aliphatic heterocycles. The van der Waals surface area contributed by atoms with Gasteiger partial charge in [0.1, 0.15) is 6.07 Å². The summed E-state index contributed by atoms with van der Waals surface area (Å²) in [6.45, 7) is 0. The highest BCUT2D eigenvalue weighted by Crippen LogP contribution is 2.32. The highest BCUT2D eigenvalue weighted by Gasteiger charge is 2.17. The van der Waals surface area contributed by atoms with Crippen LogP contribution in [0.5, 0.6) is 0 Å². The minimum atomic E-state index is 0.00106. The van der Waals surface area contributed by atoms with E-state index in [1.165, 1.54) is 0 Å². The average molecular weight is 397 g/mol. The van der Waals surface area contributed by atoms with E-state index in [2.05, 4.69) is 27.1 Å². The van der Waals surface area contributed by atoms with Gasteiger partial charge in [-0.1, -0.05) is 30.3 Å². The molecule has 0 saturated carbocycles. The molecule has 0 spiro atoms. The first kappa shape index (κ1) is 18.0. The largest absolute Gasteiger partial charge is 0.278 e. The third-order valence-corrected chi connectivity index (χ3v) is 4.98. The van der Waals surface area contributed by atoms with Crippen LogP contribution in [0.2, 0.25) is 0 Å². The molecule has 0 aliphatic rings. The van der Waals surface area contributed by atoms with Gasteiger partial charge in [-0.15, -0.1) is 0 Å². The summed E-state index contributed by atoms with van der Waals surface area (Å²) in [5, 5.41) is 29.8. The summed E-state index contributed by atoms with van der Waals surface area (Å²) in [4.78, 5) is 13.3. The Balaban J connectivity index is 1.88. The predicted molar refractivity (Wildman–Crippen MR) is 114 cm³/mol. The van der Waals surface area contributed by atoms with Gasteiger partial charge >= 0.3 is 0 Å². The summed E-state index contributed by atoms with van der Waals surface area (Å²) in [5.41, 5.74) is 3.30. The molecule has 7 nitrogen and oxygen atoms in total. The van der Waals surface area contributed by atoms with Gasteiger partial charge < -0.3 is 0 Å². The Kier molecular flexibility index (Phi) is 4.11. The lowest BCUT2D eigenvalue weighted by molar-refractivity contribution is 0.930. The lowest BCUT2D eigenvalue weighted by Crippen LogP contribution is -2.06. The predicted octanol–water partition coefficient (Wildman–Crippen LogP) is 4.25. The van der Waals surface area contributed by atoms with E-state index in [-0.39, 0.29) is 5.82 Å². The summed E-state index contributed by atoms with van der Waals surface area (Å²) in [5.74, 6) is 0.681. The molecule has 0 atom stereocenters. The maximum Gasteiger partial charge on any atom is 0.239 e. The van der Waals surface area contributed by atoms with Gasteiger partial charge in [-0.3, -0.25) is 4.57 Å². The van der Waals surface area contributed by atoms with Gasteiger partial charge in [0.15, 0.2) is 5.82 Å². The van der Waals surface area contributed by atoms with Crippen LogP contribution in [0.1, 0.15) is 17.0 Å². The fourth-order valence-corrected chi connectivity index (χ4v) is 3.61. The van der Waals surface area contributed by atoms with E-state index in [0.29, 0.717) is 22.9 Å². The van der Waals surface area contributed by atoms with Crippen molar-refractivity contribution in [2.75, 3.05) is 0 Å². The average Bonchev–Trinajstić information content (AvgIpc) is 3.17. The Labute approximate surface area is 176 Å². The third kappa shape index (κ3) is 2.93. The molecule has 5 aromatic rings. The summed E-state index contributed by atoms with van der Waals surface area (Å²) in [7, 11) is 0. The van der Waals surface area contributed by atoms with Crippen molar-refractivity contribution >= 4 is 21.8 Å².